The summed E-state index contributed by atoms with van der Waals surface area (Å²) in [5, 5.41) is 0. The van der Waals surface area contributed by atoms with Gasteiger partial charge < -0.3 is 35.7 Å². The van der Waals surface area contributed by atoms with Crippen molar-refractivity contribution in [3.63, 3.8) is 0 Å². The molecule has 0 aliphatic rings. The summed E-state index contributed by atoms with van der Waals surface area (Å²) in [6.07, 6.45) is 5.21. The Balaban J connectivity index is -0.000000417. The number of hydrogen-bond donors (Lipinski definition) is 0. The molecule has 0 heterocycles. The number of rotatable bonds is 26. The fourth-order valence-electron chi connectivity index (χ4n) is 4.38. The molecule has 0 aromatic carbocycles. The first-order valence-electron chi connectivity index (χ1n) is 25.0. The lowest BCUT2D eigenvalue weighted by Gasteiger charge is -2.40. The molecule has 0 atom stereocenters. The van der Waals surface area contributed by atoms with Crippen LogP contribution in [0.25, 0.3) is 0 Å². The molecular weight excluding hydrogens is 965 g/mol. The fourth-order valence-corrected chi connectivity index (χ4v) is 20.2. The van der Waals surface area contributed by atoms with Gasteiger partial charge in [-0.2, -0.15) is 0 Å². The lowest BCUT2D eigenvalue weighted by Crippen LogP contribution is -2.58. The van der Waals surface area contributed by atoms with E-state index in [0.29, 0.717) is 44.7 Å². The first kappa shape index (κ1) is 72.8. The van der Waals surface area contributed by atoms with E-state index in [9.17, 15) is 19.2 Å². The highest BCUT2D eigenvalue weighted by Crippen LogP contribution is 2.29. The molecule has 0 unspecified atom stereocenters. The summed E-state index contributed by atoms with van der Waals surface area (Å²) in [6.45, 7) is 61.5. The van der Waals surface area contributed by atoms with Gasteiger partial charge in [0.25, 0.3) is 0 Å². The Morgan fingerprint density at radius 1 is 0.418 bits per heavy atom. The fraction of sp³-hybridized carbons (Fsp3) is 0.917. The van der Waals surface area contributed by atoms with Crippen molar-refractivity contribution in [1.29, 1.82) is 0 Å². The molecule has 0 fully saturated rings. The predicted octanol–water partition coefficient (Wildman–Crippen LogP) is 13.5. The van der Waals surface area contributed by atoms with Gasteiger partial charge in [0.2, 0.25) is 0 Å². The molecule has 0 rings (SSSR count). The predicted molar refractivity (Wildman–Crippen MR) is 300 cm³/mol. The molecule has 0 N–H and O–H groups in total. The van der Waals surface area contributed by atoms with E-state index in [0.717, 1.165) is 25.7 Å². The van der Waals surface area contributed by atoms with Gasteiger partial charge in [-0.05, 0) is 160 Å². The maximum atomic E-state index is 12.2. The van der Waals surface area contributed by atoms with E-state index in [1.807, 2.05) is 83.1 Å². The van der Waals surface area contributed by atoms with Crippen LogP contribution in [-0.4, -0.2) is 115 Å². The summed E-state index contributed by atoms with van der Waals surface area (Å²) in [5.41, 5.74) is -1.45. The van der Waals surface area contributed by atoms with Crippen molar-refractivity contribution in [2.75, 3.05) is 32.3 Å². The van der Waals surface area contributed by atoms with Gasteiger partial charge in [0, 0.05) is 6.04 Å². The van der Waals surface area contributed by atoms with E-state index >= 15 is 0 Å². The largest absolute Gasteiger partial charge is 0.469 e. The molecule has 0 spiro atoms. The van der Waals surface area contributed by atoms with Crippen LogP contribution in [-0.2, 0) is 54.9 Å². The summed E-state index contributed by atoms with van der Waals surface area (Å²) in [5.74, 6) is -0.386. The highest BCUT2D eigenvalue weighted by molar-refractivity contribution is 6.87. The lowest BCUT2D eigenvalue weighted by molar-refractivity contribution is -0.155. The van der Waals surface area contributed by atoms with Gasteiger partial charge in [-0.1, -0.05) is 67.0 Å². The standard InChI is InChI=1S/C17H42O5Si4.C11H24O3Si.2C10H22O2Si/c1-12-17(2,3)16(18)19-14-13-15-26(20-23(4)5,21-24(6,7)8)22-25(9,10)11;1-7-11(2,3)10(12)13-8-9-14-15(4,5)6;2*1-7-10(2,3)9(11)12-8-13(4,5)6/h23H,12-15H2,1-11H3;7-9H2,1-6H3;2*7-8H2,1-6H3. The molecule has 0 aliphatic carbocycles. The van der Waals surface area contributed by atoms with Crippen LogP contribution >= 0.6 is 0 Å². The first-order valence-corrected chi connectivity index (χ1v) is 47.3. The summed E-state index contributed by atoms with van der Waals surface area (Å²) in [7, 11) is -11.7. The van der Waals surface area contributed by atoms with Crippen molar-refractivity contribution in [2.45, 2.75) is 233 Å². The Bertz CT molecular complexity index is 1360. The van der Waals surface area contributed by atoms with Crippen molar-refractivity contribution in [2.24, 2.45) is 21.7 Å². The molecule has 19 heteroatoms. The normalized spacial score (nSPS) is 13.2. The lowest BCUT2D eigenvalue weighted by atomic mass is 9.91. The highest BCUT2D eigenvalue weighted by Gasteiger charge is 2.47. The third kappa shape index (κ3) is 40.5. The molecule has 0 saturated heterocycles. The van der Waals surface area contributed by atoms with Gasteiger partial charge in [-0.15, -0.1) is 0 Å². The second kappa shape index (κ2) is 31.0. The molecule has 0 aromatic heterocycles. The summed E-state index contributed by atoms with van der Waals surface area (Å²) >= 11 is 0. The van der Waals surface area contributed by atoms with Gasteiger partial charge in [0.05, 0.1) is 63.5 Å². The second-order valence-corrected chi connectivity index (χ2v) is 56.2. The van der Waals surface area contributed by atoms with Crippen molar-refractivity contribution in [1.82, 2.24) is 0 Å². The SMILES string of the molecule is CCC(C)(C)C(=O)OCCC[Si](O[SiH](C)C)(O[Si](C)(C)C)O[Si](C)(C)C.CCC(C)(C)C(=O)OCCO[Si](C)(C)C.CCC(C)(C)C(=O)OC[Si](C)(C)C.CCC(C)(C)C(=O)OC[Si](C)(C)C. The maximum absolute atomic E-state index is 12.2. The van der Waals surface area contributed by atoms with Crippen LogP contribution in [0.2, 0.25) is 117 Å². The molecule has 0 radical (unpaired) electrons. The summed E-state index contributed by atoms with van der Waals surface area (Å²) in [6, 6.07) is 0.715. The first-order chi connectivity index (χ1) is 29.6. The van der Waals surface area contributed by atoms with E-state index in [-0.39, 0.29) is 40.1 Å². The summed E-state index contributed by atoms with van der Waals surface area (Å²) < 4.78 is 46.4. The van der Waals surface area contributed by atoms with Crippen LogP contribution in [0, 0.1) is 21.7 Å². The van der Waals surface area contributed by atoms with E-state index in [1.165, 1.54) is 0 Å². The molecule has 402 valence electrons. The van der Waals surface area contributed by atoms with Crippen LogP contribution in [0.1, 0.15) is 115 Å². The van der Waals surface area contributed by atoms with Gasteiger partial charge in [-0.25, -0.2) is 0 Å². The quantitative estimate of drug-likeness (QED) is 0.0352. The van der Waals surface area contributed by atoms with Crippen molar-refractivity contribution in [3.8, 4) is 0 Å². The Hall–Kier alpha value is -0.762. The van der Waals surface area contributed by atoms with E-state index in [4.69, 9.17) is 35.7 Å². The van der Waals surface area contributed by atoms with Crippen LogP contribution in [0.3, 0.4) is 0 Å². The number of carbonyl (C=O) groups is 4. The van der Waals surface area contributed by atoms with Crippen LogP contribution in [0.15, 0.2) is 0 Å². The third-order valence-electron chi connectivity index (χ3n) is 10.1. The number of ether oxygens (including phenoxy) is 4. The van der Waals surface area contributed by atoms with E-state index in [1.54, 1.807) is 0 Å². The Kier molecular flexibility index (Phi) is 33.6. The second-order valence-electron chi connectivity index (χ2n) is 25.8. The Labute approximate surface area is 422 Å². The molecule has 0 aliphatic heterocycles. The Morgan fingerprint density at radius 3 is 0.940 bits per heavy atom. The minimum atomic E-state index is -2.76. The summed E-state index contributed by atoms with van der Waals surface area (Å²) in [4.78, 5) is 46.8. The Morgan fingerprint density at radius 2 is 0.701 bits per heavy atom. The van der Waals surface area contributed by atoms with Gasteiger partial charge in [-0.3, -0.25) is 19.2 Å². The number of esters is 4. The average Bonchev–Trinajstić information content (AvgIpc) is 3.13. The van der Waals surface area contributed by atoms with Crippen LogP contribution in [0.4, 0.5) is 0 Å². The smallest absolute Gasteiger partial charge is 0.469 e. The van der Waals surface area contributed by atoms with E-state index in [2.05, 4.69) is 111 Å². The van der Waals surface area contributed by atoms with Gasteiger partial charge >= 0.3 is 32.7 Å². The number of hydrogen-bond acceptors (Lipinski definition) is 12. The molecule has 0 saturated carbocycles. The molecule has 0 amide bonds. The monoisotopic (exact) mass is 1070 g/mol. The van der Waals surface area contributed by atoms with Gasteiger partial charge in [0.15, 0.2) is 34.0 Å². The zero-order valence-electron chi connectivity index (χ0n) is 49.3. The van der Waals surface area contributed by atoms with Crippen LogP contribution < -0.4 is 0 Å². The molecule has 12 nitrogen and oxygen atoms in total. The topological polar surface area (TPSA) is 142 Å². The highest BCUT2D eigenvalue weighted by atomic mass is 28.5. The molecule has 67 heavy (non-hydrogen) atoms. The van der Waals surface area contributed by atoms with Gasteiger partial charge in [0.1, 0.15) is 6.61 Å². The zero-order chi connectivity index (χ0) is 54.3. The minimum Gasteiger partial charge on any atom is -0.469 e. The average molecular weight is 1080 g/mol. The molecule has 0 bridgehead atoms. The van der Waals surface area contributed by atoms with E-state index < -0.39 is 64.4 Å². The molecule has 0 aromatic rings. The zero-order valence-corrected chi connectivity index (χ0v) is 56.4. The van der Waals surface area contributed by atoms with Crippen molar-refractivity contribution in [3.05, 3.63) is 0 Å². The maximum Gasteiger partial charge on any atom is 0.469 e. The van der Waals surface area contributed by atoms with Crippen molar-refractivity contribution < 1.29 is 54.9 Å². The number of carbonyl (C=O) groups excluding carboxylic acids is 4. The van der Waals surface area contributed by atoms with Crippen LogP contribution in [0.5, 0.6) is 0 Å². The third-order valence-corrected chi connectivity index (χ3v) is 24.8. The minimum absolute atomic E-state index is 0.0579. The molecular formula is C48H110O12Si7. The van der Waals surface area contributed by atoms with Crippen molar-refractivity contribution >= 4 is 82.8 Å².